The van der Waals surface area contributed by atoms with E-state index < -0.39 is 27.9 Å². The van der Waals surface area contributed by atoms with Gasteiger partial charge in [0.1, 0.15) is 12.4 Å². The molecule has 34 heavy (non-hydrogen) atoms. The molecule has 1 heterocycles. The topological polar surface area (TPSA) is 123 Å². The molecule has 8 nitrogen and oxygen atoms in total. The number of imidazole rings is 1. The fourth-order valence-corrected chi connectivity index (χ4v) is 5.69. The molecule has 0 spiro atoms. The number of rotatable bonds is 22. The Morgan fingerprint density at radius 3 is 1.97 bits per heavy atom. The highest BCUT2D eigenvalue weighted by atomic mass is 32.2. The third-order valence-corrected chi connectivity index (χ3v) is 7.70. The van der Waals surface area contributed by atoms with Crippen LogP contribution in [0.15, 0.2) is 12.4 Å². The van der Waals surface area contributed by atoms with Crippen LogP contribution < -0.4 is 9.67 Å². The van der Waals surface area contributed by atoms with Crippen LogP contribution in [-0.4, -0.2) is 30.5 Å². The molecule has 0 fully saturated rings. The van der Waals surface area contributed by atoms with Gasteiger partial charge in [0.2, 0.25) is 0 Å². The molecule has 1 aromatic heterocycles. The fraction of sp³-hybridized carbons (Fsp3) is 0.840. The highest BCUT2D eigenvalue weighted by Gasteiger charge is 2.38. The van der Waals surface area contributed by atoms with E-state index in [1.807, 2.05) is 6.92 Å². The lowest BCUT2D eigenvalue weighted by Gasteiger charge is -2.18. The van der Waals surface area contributed by atoms with Gasteiger partial charge in [0.25, 0.3) is 15.9 Å². The smallest absolute Gasteiger partial charge is 0.279 e. The highest BCUT2D eigenvalue weighted by molar-refractivity contribution is 7.86. The second-order valence-electron chi connectivity index (χ2n) is 9.46. The Kier molecular flexibility index (Phi) is 16.1. The number of carboxylic acids is 1. The molecule has 2 unspecified atom stereocenters. The molecule has 0 radical (unpaired) electrons. The van der Waals surface area contributed by atoms with Crippen molar-refractivity contribution in [1.29, 1.82) is 0 Å². The summed E-state index contributed by atoms with van der Waals surface area (Å²) in [6.45, 7) is 3.32. The number of aliphatic carboxylic acids is 1. The Hall–Kier alpha value is -1.45. The quantitative estimate of drug-likeness (QED) is 0.137. The summed E-state index contributed by atoms with van der Waals surface area (Å²) in [6.07, 6.45) is 21.4. The van der Waals surface area contributed by atoms with Gasteiger partial charge in [-0.05, 0) is 12.3 Å². The number of carbonyl (C=O) groups is 1. The van der Waals surface area contributed by atoms with Crippen LogP contribution >= 0.6 is 0 Å². The number of aromatic nitrogens is 2. The molecule has 0 saturated carbocycles. The molecule has 1 aromatic rings. The molecule has 1 rings (SSSR count). The van der Waals surface area contributed by atoms with Crippen molar-refractivity contribution in [2.45, 2.75) is 122 Å². The number of carboxylic acid groups (broad SMARTS) is 1. The number of carbonyl (C=O) groups excluding carboxylic acids is 1. The van der Waals surface area contributed by atoms with E-state index in [9.17, 15) is 22.9 Å². The van der Waals surface area contributed by atoms with Crippen molar-refractivity contribution in [3.8, 4) is 0 Å². The first kappa shape index (κ1) is 30.6. The van der Waals surface area contributed by atoms with Crippen molar-refractivity contribution in [1.82, 2.24) is 4.98 Å². The Morgan fingerprint density at radius 2 is 1.50 bits per heavy atom. The van der Waals surface area contributed by atoms with E-state index in [2.05, 4.69) is 11.9 Å². The summed E-state index contributed by atoms with van der Waals surface area (Å²) in [5.41, 5.74) is 0. The van der Waals surface area contributed by atoms with E-state index in [-0.39, 0.29) is 18.5 Å². The van der Waals surface area contributed by atoms with Gasteiger partial charge in [-0.2, -0.15) is 8.42 Å². The Bertz CT molecular complexity index is 765. The Morgan fingerprint density at radius 1 is 1.00 bits per heavy atom. The van der Waals surface area contributed by atoms with E-state index in [1.165, 1.54) is 81.4 Å². The molecule has 2 N–H and O–H groups in total. The number of nitrogens with zero attached hydrogens (tertiary/aromatic N) is 1. The number of hydrogen-bond donors (Lipinski definition) is 2. The molecular weight excluding hydrogens is 456 g/mol. The van der Waals surface area contributed by atoms with E-state index in [4.69, 9.17) is 4.74 Å². The molecule has 198 valence electrons. The van der Waals surface area contributed by atoms with Crippen LogP contribution in [0.4, 0.5) is 0 Å². The normalized spacial score (nSPS) is 13.7. The zero-order valence-electron chi connectivity index (χ0n) is 21.2. The van der Waals surface area contributed by atoms with E-state index >= 15 is 0 Å². The van der Waals surface area contributed by atoms with Gasteiger partial charge in [-0.3, -0.25) is 4.55 Å². The van der Waals surface area contributed by atoms with E-state index in [0.29, 0.717) is 6.42 Å². The lowest BCUT2D eigenvalue weighted by molar-refractivity contribution is -0.738. The first-order chi connectivity index (χ1) is 16.3. The van der Waals surface area contributed by atoms with E-state index in [0.717, 1.165) is 19.3 Å². The number of ether oxygens (including phenoxy) is 1. The van der Waals surface area contributed by atoms with Gasteiger partial charge in [0.15, 0.2) is 12.0 Å². The molecule has 0 aliphatic rings. The number of aromatic amines is 1. The molecule has 0 amide bonds. The van der Waals surface area contributed by atoms with Gasteiger partial charge >= 0.3 is 0 Å². The maximum absolute atomic E-state index is 12.1. The summed E-state index contributed by atoms with van der Waals surface area (Å²) in [5, 5.41) is 9.41. The second-order valence-corrected chi connectivity index (χ2v) is 11.0. The average molecular weight is 503 g/mol. The van der Waals surface area contributed by atoms with Gasteiger partial charge in [-0.1, -0.05) is 104 Å². The van der Waals surface area contributed by atoms with Gasteiger partial charge in [0.05, 0.1) is 12.6 Å². The number of nitrogens with one attached hydrogen (secondary N) is 1. The summed E-state index contributed by atoms with van der Waals surface area (Å²) < 4.78 is 40.6. The SMILES string of the molecule is CCCCCCCCCCCCCCCCC(C)C(c1[nH]cc[n+]1COCC(=O)[O-])S(=O)(=O)O. The summed E-state index contributed by atoms with van der Waals surface area (Å²) in [7, 11) is -4.36. The maximum atomic E-state index is 12.1. The molecule has 0 bridgehead atoms. The van der Waals surface area contributed by atoms with Crippen LogP contribution in [0.25, 0.3) is 0 Å². The summed E-state index contributed by atoms with van der Waals surface area (Å²) >= 11 is 0. The molecule has 2 atom stereocenters. The number of hydrogen-bond acceptors (Lipinski definition) is 5. The molecule has 0 aromatic carbocycles. The summed E-state index contributed by atoms with van der Waals surface area (Å²) in [4.78, 5) is 13.4. The summed E-state index contributed by atoms with van der Waals surface area (Å²) in [5.74, 6) is -1.38. The van der Waals surface area contributed by atoms with E-state index in [1.54, 1.807) is 6.20 Å². The minimum absolute atomic E-state index is 0.148. The number of unbranched alkanes of at least 4 members (excludes halogenated alkanes) is 13. The average Bonchev–Trinajstić information content (AvgIpc) is 3.20. The lowest BCUT2D eigenvalue weighted by atomic mass is 9.98. The van der Waals surface area contributed by atoms with Crippen LogP contribution in [0.2, 0.25) is 0 Å². The predicted octanol–water partition coefficient (Wildman–Crippen LogP) is 4.46. The van der Waals surface area contributed by atoms with Crippen LogP contribution in [0.1, 0.15) is 121 Å². The number of H-pyrrole nitrogens is 1. The first-order valence-electron chi connectivity index (χ1n) is 13.1. The molecular formula is C25H46N2O6S. The maximum Gasteiger partial charge on any atom is 0.279 e. The molecule has 0 saturated heterocycles. The lowest BCUT2D eigenvalue weighted by Crippen LogP contribution is -2.42. The highest BCUT2D eigenvalue weighted by Crippen LogP contribution is 2.30. The Balaban J connectivity index is 2.27. The second kappa shape index (κ2) is 17.9. The Labute approximate surface area is 206 Å². The van der Waals surface area contributed by atoms with Gasteiger partial charge < -0.3 is 14.6 Å². The van der Waals surface area contributed by atoms with Gasteiger partial charge in [-0.15, -0.1) is 0 Å². The molecule has 0 aliphatic heterocycles. The van der Waals surface area contributed by atoms with Crippen molar-refractivity contribution in [3.05, 3.63) is 18.2 Å². The van der Waals surface area contributed by atoms with Crippen LogP contribution in [0, 0.1) is 5.92 Å². The van der Waals surface area contributed by atoms with Crippen molar-refractivity contribution in [3.63, 3.8) is 0 Å². The summed E-state index contributed by atoms with van der Waals surface area (Å²) in [6, 6.07) is 0. The zero-order chi connectivity index (χ0) is 25.2. The molecule has 0 aliphatic carbocycles. The largest absolute Gasteiger partial charge is 0.548 e. The fourth-order valence-electron chi connectivity index (χ4n) is 4.48. The van der Waals surface area contributed by atoms with Crippen molar-refractivity contribution < 1.29 is 32.2 Å². The van der Waals surface area contributed by atoms with Crippen molar-refractivity contribution >= 4 is 16.1 Å². The first-order valence-corrected chi connectivity index (χ1v) is 14.6. The van der Waals surface area contributed by atoms with Crippen molar-refractivity contribution in [2.75, 3.05) is 6.61 Å². The third-order valence-electron chi connectivity index (χ3n) is 6.37. The van der Waals surface area contributed by atoms with Crippen LogP contribution in [0.5, 0.6) is 0 Å². The minimum Gasteiger partial charge on any atom is -0.548 e. The standard InChI is InChI=1S/C25H46N2O6S/c1-3-4-5-6-7-8-9-10-11-12-13-14-15-16-17-22(2)24(34(30,31)32)25-26-18-19-27(25)21-33-20-23(28)29/h18-19,22,24H,3-17,20-21H2,1-2H3,(H2,28,29,30,31,32). The van der Waals surface area contributed by atoms with Gasteiger partial charge in [0, 0.05) is 0 Å². The van der Waals surface area contributed by atoms with Gasteiger partial charge in [-0.25, -0.2) is 9.55 Å². The third kappa shape index (κ3) is 13.4. The predicted molar refractivity (Wildman–Crippen MR) is 130 cm³/mol. The zero-order valence-corrected chi connectivity index (χ0v) is 22.0. The minimum atomic E-state index is -4.36. The monoisotopic (exact) mass is 502 g/mol. The molecule has 9 heteroatoms. The van der Waals surface area contributed by atoms with Crippen LogP contribution in [0.3, 0.4) is 0 Å². The van der Waals surface area contributed by atoms with Crippen molar-refractivity contribution in [2.24, 2.45) is 5.92 Å². The van der Waals surface area contributed by atoms with Crippen LogP contribution in [-0.2, 0) is 26.4 Å².